The molecule has 3 aromatic rings. The molecule has 2 aromatic carbocycles. The van der Waals surface area contributed by atoms with Gasteiger partial charge in [0.1, 0.15) is 23.2 Å². The predicted molar refractivity (Wildman–Crippen MR) is 109 cm³/mol. The Bertz CT molecular complexity index is 1180. The van der Waals surface area contributed by atoms with Crippen LogP contribution >= 0.6 is 23.2 Å². The number of rotatable bonds is 5. The fraction of sp³-hybridized carbons (Fsp3) is 0. The summed E-state index contributed by atoms with van der Waals surface area (Å²) >= 11 is 11.9. The summed E-state index contributed by atoms with van der Waals surface area (Å²) in [5.74, 6) is 0.00518. The number of nitrogens with zero attached hydrogens (tertiary/aromatic N) is 2. The lowest BCUT2D eigenvalue weighted by Gasteiger charge is -2.06. The molecular formula is C20H11Cl2N3O4. The zero-order valence-electron chi connectivity index (χ0n) is 14.6. The summed E-state index contributed by atoms with van der Waals surface area (Å²) in [6.45, 7) is 0. The normalized spacial score (nSPS) is 11.0. The molecule has 1 N–H and O–H groups in total. The van der Waals surface area contributed by atoms with Crippen molar-refractivity contribution in [3.63, 3.8) is 0 Å². The molecule has 1 aromatic heterocycles. The van der Waals surface area contributed by atoms with Crippen molar-refractivity contribution in [3.05, 3.63) is 86.1 Å². The topological polar surface area (TPSA) is 109 Å². The minimum Gasteiger partial charge on any atom is -0.457 e. The van der Waals surface area contributed by atoms with Gasteiger partial charge in [0.05, 0.1) is 15.6 Å². The number of non-ortho nitro benzene ring substituents is 1. The molecule has 7 nitrogen and oxygen atoms in total. The number of hydrogen-bond donors (Lipinski definition) is 1. The Balaban J connectivity index is 1.84. The molecule has 0 radical (unpaired) electrons. The monoisotopic (exact) mass is 427 g/mol. The van der Waals surface area contributed by atoms with Gasteiger partial charge in [-0.25, -0.2) is 0 Å². The third-order valence-electron chi connectivity index (χ3n) is 3.80. The Morgan fingerprint density at radius 2 is 1.97 bits per heavy atom. The van der Waals surface area contributed by atoms with Crippen molar-refractivity contribution in [2.24, 2.45) is 0 Å². The number of anilines is 1. The highest BCUT2D eigenvalue weighted by Crippen LogP contribution is 2.28. The lowest BCUT2D eigenvalue weighted by molar-refractivity contribution is -0.384. The summed E-state index contributed by atoms with van der Waals surface area (Å²) in [6.07, 6.45) is 1.26. The second kappa shape index (κ2) is 8.61. The maximum absolute atomic E-state index is 12.4. The summed E-state index contributed by atoms with van der Waals surface area (Å²) in [4.78, 5) is 22.7. The van der Waals surface area contributed by atoms with Crippen LogP contribution in [-0.4, -0.2) is 10.8 Å². The number of amides is 1. The maximum Gasteiger partial charge on any atom is 0.271 e. The first-order chi connectivity index (χ1) is 13.9. The van der Waals surface area contributed by atoms with Crippen LogP contribution in [0.3, 0.4) is 0 Å². The second-order valence-electron chi connectivity index (χ2n) is 5.76. The van der Waals surface area contributed by atoms with Crippen molar-refractivity contribution < 1.29 is 14.1 Å². The molecule has 1 heterocycles. The second-order valence-corrected chi connectivity index (χ2v) is 6.60. The lowest BCUT2D eigenvalue weighted by Crippen LogP contribution is -2.13. The van der Waals surface area contributed by atoms with Crippen LogP contribution in [-0.2, 0) is 4.79 Å². The van der Waals surface area contributed by atoms with Gasteiger partial charge in [0, 0.05) is 28.8 Å². The van der Waals surface area contributed by atoms with Crippen LogP contribution in [0, 0.1) is 21.4 Å². The number of nitro groups is 1. The number of carbonyl (C=O) groups is 1. The Morgan fingerprint density at radius 3 is 2.66 bits per heavy atom. The number of nitro benzene ring substituents is 1. The van der Waals surface area contributed by atoms with E-state index in [2.05, 4.69) is 5.32 Å². The molecule has 0 fully saturated rings. The standard InChI is InChI=1S/C20H11Cl2N3O4/c21-14-3-1-2-12(8-14)19-7-5-16(29-19)9-13(11-23)20(26)24-18-10-15(25(27)28)4-6-17(18)22/h1-10H,(H,24,26). The Morgan fingerprint density at radius 1 is 1.17 bits per heavy atom. The number of furan rings is 1. The zero-order valence-corrected chi connectivity index (χ0v) is 16.1. The summed E-state index contributed by atoms with van der Waals surface area (Å²) in [7, 11) is 0. The maximum atomic E-state index is 12.4. The molecule has 0 unspecified atom stereocenters. The molecule has 1 amide bonds. The molecule has 0 atom stereocenters. The van der Waals surface area contributed by atoms with E-state index in [0.717, 1.165) is 11.6 Å². The van der Waals surface area contributed by atoms with Gasteiger partial charge in [-0.3, -0.25) is 14.9 Å². The molecule has 29 heavy (non-hydrogen) atoms. The van der Waals surface area contributed by atoms with E-state index in [9.17, 15) is 20.2 Å². The predicted octanol–water partition coefficient (Wildman–Crippen LogP) is 5.71. The van der Waals surface area contributed by atoms with Crippen LogP contribution in [0.2, 0.25) is 10.0 Å². The number of halogens is 2. The van der Waals surface area contributed by atoms with Crippen molar-refractivity contribution >= 4 is 46.6 Å². The summed E-state index contributed by atoms with van der Waals surface area (Å²) < 4.78 is 5.65. The molecule has 0 aliphatic rings. The van der Waals surface area contributed by atoms with E-state index in [1.807, 2.05) is 0 Å². The van der Waals surface area contributed by atoms with E-state index >= 15 is 0 Å². The van der Waals surface area contributed by atoms with Crippen molar-refractivity contribution in [3.8, 4) is 17.4 Å². The minimum atomic E-state index is -0.782. The van der Waals surface area contributed by atoms with Crippen molar-refractivity contribution in [2.45, 2.75) is 0 Å². The quantitative estimate of drug-likeness (QED) is 0.242. The van der Waals surface area contributed by atoms with E-state index in [1.54, 1.807) is 42.5 Å². The molecule has 0 aliphatic heterocycles. The molecule has 144 valence electrons. The fourth-order valence-corrected chi connectivity index (χ4v) is 2.79. The number of benzene rings is 2. The first-order valence-corrected chi connectivity index (χ1v) is 8.86. The van der Waals surface area contributed by atoms with E-state index in [0.29, 0.717) is 10.8 Å². The first kappa shape index (κ1) is 20.1. The molecule has 0 saturated carbocycles. The molecule has 0 saturated heterocycles. The van der Waals surface area contributed by atoms with Gasteiger partial charge in [-0.05, 0) is 30.3 Å². The zero-order chi connectivity index (χ0) is 21.0. The van der Waals surface area contributed by atoms with Gasteiger partial charge < -0.3 is 9.73 Å². The van der Waals surface area contributed by atoms with E-state index in [-0.39, 0.29) is 27.7 Å². The van der Waals surface area contributed by atoms with Gasteiger partial charge in [0.25, 0.3) is 11.6 Å². The summed E-state index contributed by atoms with van der Waals surface area (Å²) in [5.41, 5.74) is 0.249. The van der Waals surface area contributed by atoms with Crippen LogP contribution in [0.25, 0.3) is 17.4 Å². The van der Waals surface area contributed by atoms with E-state index in [4.69, 9.17) is 27.6 Å². The molecule has 0 aliphatic carbocycles. The minimum absolute atomic E-state index is 0.0195. The van der Waals surface area contributed by atoms with Crippen molar-refractivity contribution in [1.29, 1.82) is 5.26 Å². The molecule has 9 heteroatoms. The Hall–Kier alpha value is -3.60. The molecule has 0 spiro atoms. The lowest BCUT2D eigenvalue weighted by atomic mass is 10.2. The summed E-state index contributed by atoms with van der Waals surface area (Å²) in [6, 6.07) is 15.7. The SMILES string of the molecule is N#CC(=Cc1ccc(-c2cccc(Cl)c2)o1)C(=O)Nc1cc([N+](=O)[O-])ccc1Cl. The highest BCUT2D eigenvalue weighted by Gasteiger charge is 2.16. The van der Waals surface area contributed by atoms with Crippen molar-refractivity contribution in [1.82, 2.24) is 0 Å². The third-order valence-corrected chi connectivity index (χ3v) is 4.36. The smallest absolute Gasteiger partial charge is 0.271 e. The van der Waals surface area contributed by atoms with Crippen molar-refractivity contribution in [2.75, 3.05) is 5.32 Å². The van der Waals surface area contributed by atoms with Gasteiger partial charge in [0.15, 0.2) is 0 Å². The third kappa shape index (κ3) is 4.82. The number of hydrogen-bond acceptors (Lipinski definition) is 5. The van der Waals surface area contributed by atoms with Crippen LogP contribution in [0.4, 0.5) is 11.4 Å². The van der Waals surface area contributed by atoms with Crippen LogP contribution in [0.1, 0.15) is 5.76 Å². The largest absolute Gasteiger partial charge is 0.457 e. The number of nitriles is 1. The van der Waals surface area contributed by atoms with E-state index < -0.39 is 10.8 Å². The van der Waals surface area contributed by atoms with E-state index in [1.165, 1.54) is 18.2 Å². The van der Waals surface area contributed by atoms with Gasteiger partial charge in [-0.1, -0.05) is 35.3 Å². The Kier molecular flexibility index (Phi) is 5.98. The van der Waals surface area contributed by atoms with Gasteiger partial charge in [-0.2, -0.15) is 5.26 Å². The van der Waals surface area contributed by atoms with Gasteiger partial charge >= 0.3 is 0 Å². The highest BCUT2D eigenvalue weighted by molar-refractivity contribution is 6.34. The fourth-order valence-electron chi connectivity index (χ4n) is 2.43. The number of nitrogens with one attached hydrogen (secondary N) is 1. The Labute approximate surface area is 174 Å². The highest BCUT2D eigenvalue weighted by atomic mass is 35.5. The molecule has 3 rings (SSSR count). The van der Waals surface area contributed by atoms with Crippen LogP contribution in [0.5, 0.6) is 0 Å². The average molecular weight is 428 g/mol. The average Bonchev–Trinajstić information content (AvgIpc) is 3.16. The van der Waals surface area contributed by atoms with Gasteiger partial charge in [-0.15, -0.1) is 0 Å². The van der Waals surface area contributed by atoms with Crippen LogP contribution in [0.15, 0.2) is 64.6 Å². The van der Waals surface area contributed by atoms with Crippen LogP contribution < -0.4 is 5.32 Å². The number of carbonyl (C=O) groups excluding carboxylic acids is 1. The first-order valence-electron chi connectivity index (χ1n) is 8.10. The molecular weight excluding hydrogens is 417 g/mol. The summed E-state index contributed by atoms with van der Waals surface area (Å²) in [5, 5.41) is 23.3. The molecule has 0 bridgehead atoms. The van der Waals surface area contributed by atoms with Gasteiger partial charge in [0.2, 0.25) is 0 Å².